The Morgan fingerprint density at radius 2 is 1.89 bits per heavy atom. The number of imidazole rings is 1. The van der Waals surface area contributed by atoms with Gasteiger partial charge in [-0.3, -0.25) is 4.57 Å². The van der Waals surface area contributed by atoms with Crippen molar-refractivity contribution in [1.29, 1.82) is 0 Å². The first-order chi connectivity index (χ1) is 9.08. The van der Waals surface area contributed by atoms with E-state index in [2.05, 4.69) is 4.98 Å². The predicted molar refractivity (Wildman–Crippen MR) is 70.1 cm³/mol. The molecule has 2 aromatic carbocycles. The molecule has 0 atom stereocenters. The molecule has 3 rings (SSSR count). The molecule has 3 nitrogen and oxygen atoms in total. The lowest BCUT2D eigenvalue weighted by Gasteiger charge is -2.07. The second-order valence-corrected chi connectivity index (χ2v) is 4.35. The van der Waals surface area contributed by atoms with E-state index in [9.17, 15) is 8.78 Å². The molecule has 0 saturated heterocycles. The van der Waals surface area contributed by atoms with E-state index in [1.807, 2.05) is 0 Å². The van der Waals surface area contributed by atoms with Gasteiger partial charge in [-0.2, -0.15) is 0 Å². The van der Waals surface area contributed by atoms with Crippen molar-refractivity contribution in [2.24, 2.45) is 0 Å². The monoisotopic (exact) mass is 259 g/mol. The van der Waals surface area contributed by atoms with Crippen LogP contribution in [0.3, 0.4) is 0 Å². The van der Waals surface area contributed by atoms with Gasteiger partial charge < -0.3 is 5.73 Å². The van der Waals surface area contributed by atoms with Gasteiger partial charge in [-0.05, 0) is 42.8 Å². The lowest BCUT2D eigenvalue weighted by atomic mass is 10.2. The van der Waals surface area contributed by atoms with Crippen LogP contribution in [0.25, 0.3) is 16.7 Å². The summed E-state index contributed by atoms with van der Waals surface area (Å²) < 4.78 is 28.6. The van der Waals surface area contributed by atoms with Crippen LogP contribution in [0.2, 0.25) is 0 Å². The van der Waals surface area contributed by atoms with E-state index in [0.29, 0.717) is 16.8 Å². The minimum absolute atomic E-state index is 0.172. The van der Waals surface area contributed by atoms with E-state index in [1.54, 1.807) is 35.8 Å². The van der Waals surface area contributed by atoms with E-state index in [1.165, 1.54) is 12.1 Å². The number of nitrogens with zero attached hydrogens (tertiary/aromatic N) is 2. The predicted octanol–water partition coefficient (Wildman–Crippen LogP) is 3.19. The highest BCUT2D eigenvalue weighted by Gasteiger charge is 2.13. The maximum Gasteiger partial charge on any atom is 0.206 e. The van der Waals surface area contributed by atoms with Gasteiger partial charge in [0.05, 0.1) is 5.52 Å². The summed E-state index contributed by atoms with van der Waals surface area (Å²) in [4.78, 5) is 4.01. The first-order valence-electron chi connectivity index (χ1n) is 5.77. The van der Waals surface area contributed by atoms with Crippen LogP contribution >= 0.6 is 0 Å². The quantitative estimate of drug-likeness (QED) is 0.729. The highest BCUT2D eigenvalue weighted by atomic mass is 19.1. The number of rotatable bonds is 1. The first kappa shape index (κ1) is 11.6. The molecule has 0 fully saturated rings. The molecule has 0 bridgehead atoms. The van der Waals surface area contributed by atoms with Crippen LogP contribution in [0.1, 0.15) is 5.56 Å². The van der Waals surface area contributed by atoms with Gasteiger partial charge in [0.15, 0.2) is 5.82 Å². The highest BCUT2D eigenvalue weighted by molar-refractivity contribution is 5.81. The van der Waals surface area contributed by atoms with Crippen LogP contribution in [0.15, 0.2) is 36.4 Å². The van der Waals surface area contributed by atoms with Crippen molar-refractivity contribution in [3.8, 4) is 5.69 Å². The van der Waals surface area contributed by atoms with Crippen LogP contribution in [-0.4, -0.2) is 9.55 Å². The molecular weight excluding hydrogens is 248 g/mol. The van der Waals surface area contributed by atoms with Crippen LogP contribution < -0.4 is 5.73 Å². The van der Waals surface area contributed by atoms with Gasteiger partial charge in [0.25, 0.3) is 0 Å². The molecule has 1 heterocycles. The lowest BCUT2D eigenvalue weighted by molar-refractivity contribution is 0.618. The topological polar surface area (TPSA) is 43.8 Å². The zero-order valence-corrected chi connectivity index (χ0v) is 10.2. The number of anilines is 1. The minimum atomic E-state index is -0.429. The molecule has 0 aliphatic carbocycles. The summed E-state index contributed by atoms with van der Waals surface area (Å²) in [7, 11) is 0. The van der Waals surface area contributed by atoms with Crippen molar-refractivity contribution in [3.05, 3.63) is 53.6 Å². The number of aromatic nitrogens is 2. The molecule has 0 aliphatic rings. The fraction of sp³-hybridized carbons (Fsp3) is 0.0714. The zero-order valence-electron chi connectivity index (χ0n) is 10.2. The summed E-state index contributed by atoms with van der Waals surface area (Å²) in [5.74, 6) is -0.550. The Kier molecular flexibility index (Phi) is 2.48. The van der Waals surface area contributed by atoms with E-state index in [4.69, 9.17) is 5.73 Å². The Morgan fingerprint density at radius 1 is 1.11 bits per heavy atom. The standard InChI is InChI=1S/C14H11F2N3/c1-8-7-9(5-6-10(8)15)19-12-4-2-3-11(16)13(12)18-14(19)17/h2-7H,1H3,(H2,17,18). The van der Waals surface area contributed by atoms with Gasteiger partial charge >= 0.3 is 0 Å². The molecule has 19 heavy (non-hydrogen) atoms. The van der Waals surface area contributed by atoms with E-state index in [-0.39, 0.29) is 17.3 Å². The summed E-state index contributed by atoms with van der Waals surface area (Å²) >= 11 is 0. The van der Waals surface area contributed by atoms with Gasteiger partial charge in [-0.1, -0.05) is 6.07 Å². The van der Waals surface area contributed by atoms with Crippen LogP contribution in [-0.2, 0) is 0 Å². The Labute approximate surface area is 108 Å². The van der Waals surface area contributed by atoms with Crippen LogP contribution in [0.4, 0.5) is 14.7 Å². The molecule has 2 N–H and O–H groups in total. The van der Waals surface area contributed by atoms with Crippen molar-refractivity contribution in [3.63, 3.8) is 0 Å². The third kappa shape index (κ3) is 1.74. The second kappa shape index (κ2) is 4.05. The molecule has 0 aliphatic heterocycles. The molecule has 0 radical (unpaired) electrons. The Hall–Kier alpha value is -2.43. The van der Waals surface area contributed by atoms with Crippen molar-refractivity contribution in [1.82, 2.24) is 9.55 Å². The van der Waals surface area contributed by atoms with Crippen LogP contribution in [0.5, 0.6) is 0 Å². The van der Waals surface area contributed by atoms with Gasteiger partial charge in [-0.25, -0.2) is 13.8 Å². The van der Waals surface area contributed by atoms with E-state index < -0.39 is 5.82 Å². The third-order valence-electron chi connectivity index (χ3n) is 3.06. The van der Waals surface area contributed by atoms with Gasteiger partial charge in [0.2, 0.25) is 5.95 Å². The third-order valence-corrected chi connectivity index (χ3v) is 3.06. The lowest BCUT2D eigenvalue weighted by Crippen LogP contribution is -2.01. The second-order valence-electron chi connectivity index (χ2n) is 4.35. The molecular formula is C14H11F2N3. The average Bonchev–Trinajstić information content (AvgIpc) is 2.71. The number of hydrogen-bond acceptors (Lipinski definition) is 2. The highest BCUT2D eigenvalue weighted by Crippen LogP contribution is 2.25. The zero-order chi connectivity index (χ0) is 13.6. The summed E-state index contributed by atoms with van der Waals surface area (Å²) in [6.07, 6.45) is 0. The Morgan fingerprint density at radius 3 is 2.63 bits per heavy atom. The van der Waals surface area contributed by atoms with Crippen molar-refractivity contribution in [2.45, 2.75) is 6.92 Å². The smallest absolute Gasteiger partial charge is 0.206 e. The summed E-state index contributed by atoms with van der Waals surface area (Å²) in [6.45, 7) is 1.66. The number of nitrogen functional groups attached to an aromatic ring is 1. The number of aryl methyl sites for hydroxylation is 1. The van der Waals surface area contributed by atoms with Gasteiger partial charge in [0.1, 0.15) is 11.3 Å². The summed E-state index contributed by atoms with van der Waals surface area (Å²) in [5, 5.41) is 0. The number of fused-ring (bicyclic) bond motifs is 1. The molecule has 1 aromatic heterocycles. The number of benzene rings is 2. The maximum atomic E-state index is 13.6. The fourth-order valence-electron chi connectivity index (χ4n) is 2.12. The molecule has 0 saturated carbocycles. The van der Waals surface area contributed by atoms with Crippen LogP contribution in [0, 0.1) is 18.6 Å². The number of nitrogens with two attached hydrogens (primary N) is 1. The van der Waals surface area contributed by atoms with Crippen molar-refractivity contribution >= 4 is 17.0 Å². The molecule has 0 spiro atoms. The minimum Gasteiger partial charge on any atom is -0.369 e. The molecule has 0 unspecified atom stereocenters. The average molecular weight is 259 g/mol. The van der Waals surface area contributed by atoms with Gasteiger partial charge in [-0.15, -0.1) is 0 Å². The summed E-state index contributed by atoms with van der Waals surface area (Å²) in [5.41, 5.74) is 7.76. The molecule has 0 amide bonds. The Balaban J connectivity index is 2.33. The number of hydrogen-bond donors (Lipinski definition) is 1. The summed E-state index contributed by atoms with van der Waals surface area (Å²) in [6, 6.07) is 9.23. The molecule has 96 valence electrons. The number of para-hydroxylation sites is 1. The van der Waals surface area contributed by atoms with E-state index in [0.717, 1.165) is 0 Å². The largest absolute Gasteiger partial charge is 0.369 e. The normalized spacial score (nSPS) is 11.1. The first-order valence-corrected chi connectivity index (χ1v) is 5.77. The van der Waals surface area contributed by atoms with E-state index >= 15 is 0 Å². The maximum absolute atomic E-state index is 13.6. The SMILES string of the molecule is Cc1cc(-n2c(N)nc3c(F)cccc32)ccc1F. The Bertz CT molecular complexity index is 778. The fourth-order valence-corrected chi connectivity index (χ4v) is 2.12. The molecule has 3 aromatic rings. The number of halogens is 2. The van der Waals surface area contributed by atoms with Crippen molar-refractivity contribution in [2.75, 3.05) is 5.73 Å². The molecule has 5 heteroatoms. The van der Waals surface area contributed by atoms with Gasteiger partial charge in [0, 0.05) is 5.69 Å². The van der Waals surface area contributed by atoms with Crippen molar-refractivity contribution < 1.29 is 8.78 Å².